The number of hydrogen-bond donors (Lipinski definition) is 6. The summed E-state index contributed by atoms with van der Waals surface area (Å²) in [4.78, 5) is 77.0. The van der Waals surface area contributed by atoms with Crippen LogP contribution in [0.5, 0.6) is 0 Å². The Hall–Kier alpha value is -13.7. The smallest absolute Gasteiger partial charge is 0.265 e. The number of ketones is 1. The molecule has 0 radical (unpaired) electrons. The van der Waals surface area contributed by atoms with Crippen LogP contribution in [0, 0.1) is 5.41 Å². The maximum Gasteiger partial charge on any atom is 0.265 e. The van der Waals surface area contributed by atoms with Gasteiger partial charge in [0.25, 0.3) is 10.0 Å². The number of sulfonamides is 1. The molecule has 0 bridgehead atoms. The van der Waals surface area contributed by atoms with Crippen molar-refractivity contribution in [2.24, 2.45) is 5.41 Å². The predicted octanol–water partition coefficient (Wildman–Crippen LogP) is 15.8. The molecule has 8 heterocycles. The van der Waals surface area contributed by atoms with Gasteiger partial charge in [-0.05, 0) is 78.9 Å². The molecule has 1 atom stereocenters. The maximum atomic E-state index is 12.4. The number of pyridine rings is 1. The molecule has 1 aliphatic rings. The second-order valence-electron chi connectivity index (χ2n) is 26.4. The Morgan fingerprint density at radius 1 is 0.460 bits per heavy atom. The van der Waals surface area contributed by atoms with Gasteiger partial charge in [0.2, 0.25) is 64.8 Å². The Morgan fingerprint density at radius 3 is 1.19 bits per heavy atom. The number of carbonyl (C=O) groups excluding carboxylic acids is 6. The molecule has 1 aliphatic heterocycles. The number of nitrogens with zero attached hydrogens (tertiary/aromatic N) is 9. The fourth-order valence-electron chi connectivity index (χ4n) is 10.5. The minimum Gasteiger partial charge on any atom is -0.347 e. The molecular formula is C83H87N15O14S. The normalized spacial score (nSPS) is 12.2. The number of carbonyl (C=O) groups is 6. The van der Waals surface area contributed by atoms with E-state index in [1.54, 1.807) is 58.1 Å². The average molecular weight is 1550 g/mol. The summed E-state index contributed by atoms with van der Waals surface area (Å²) in [6.45, 7) is 9.93. The molecule has 14 rings (SSSR count). The van der Waals surface area contributed by atoms with Crippen LogP contribution in [0.4, 0.5) is 35.3 Å². The number of nitrogens with one attached hydrogen (secondary N) is 6. The molecule has 584 valence electrons. The number of rotatable bonds is 21. The minimum absolute atomic E-state index is 0.0176. The molecule has 5 amide bonds. The minimum atomic E-state index is -3.76. The van der Waals surface area contributed by atoms with Crippen LogP contribution in [0.2, 0.25) is 0 Å². The largest absolute Gasteiger partial charge is 0.347 e. The van der Waals surface area contributed by atoms with Crippen molar-refractivity contribution >= 4 is 80.6 Å². The molecule has 0 spiro atoms. The van der Waals surface area contributed by atoms with E-state index in [4.69, 9.17) is 27.1 Å². The summed E-state index contributed by atoms with van der Waals surface area (Å²) in [5.74, 6) is 1.59. The van der Waals surface area contributed by atoms with E-state index in [0.29, 0.717) is 41.4 Å². The third-order valence-corrected chi connectivity index (χ3v) is 18.1. The van der Waals surface area contributed by atoms with Gasteiger partial charge in [-0.3, -0.25) is 55.1 Å². The third-order valence-electron chi connectivity index (χ3n) is 16.8. The lowest BCUT2D eigenvalue weighted by molar-refractivity contribution is -0.127. The number of likely N-dealkylation sites (tertiary alicyclic amines) is 1. The summed E-state index contributed by atoms with van der Waals surface area (Å²) >= 11 is 0. The van der Waals surface area contributed by atoms with Crippen LogP contribution in [-0.2, 0) is 38.8 Å². The SMILES string of the molecule is CC(=O)CCC(=O)Nc1oncc1-c1ccccc1.CC(C)(C)C(=O)Nc1oncc1-c1ccccc1.CCC(=O)Nc1oncc1-c1ccccc1.CN(C)C(=O)CNc1oncc1-c1ccccc1.CN1CCCCC1C(=O)Nc1oncc1-c1ccccc1.O=S(=O)(Nc1oncc1-c1ccccc1)c1cccnc1. The van der Waals surface area contributed by atoms with Gasteiger partial charge in [0.05, 0.1) is 83.1 Å². The van der Waals surface area contributed by atoms with E-state index in [1.807, 2.05) is 210 Å². The van der Waals surface area contributed by atoms with Crippen molar-refractivity contribution < 1.29 is 64.3 Å². The molecule has 7 aromatic heterocycles. The number of benzene rings is 6. The van der Waals surface area contributed by atoms with Crippen molar-refractivity contribution in [3.8, 4) is 66.8 Å². The first kappa shape index (κ1) is 83.3. The Morgan fingerprint density at radius 2 is 0.823 bits per heavy atom. The topological polar surface area (TPSA) is 384 Å². The Kier molecular flexibility index (Phi) is 30.8. The summed E-state index contributed by atoms with van der Waals surface area (Å²) in [7, 11) is 1.65. The van der Waals surface area contributed by atoms with Crippen LogP contribution in [0.1, 0.15) is 73.1 Å². The predicted molar refractivity (Wildman–Crippen MR) is 428 cm³/mol. The van der Waals surface area contributed by atoms with Gasteiger partial charge in [0.15, 0.2) is 0 Å². The van der Waals surface area contributed by atoms with E-state index in [0.717, 1.165) is 87.0 Å². The molecule has 30 heteroatoms. The monoisotopic (exact) mass is 1550 g/mol. The number of piperidine rings is 1. The summed E-state index contributed by atoms with van der Waals surface area (Å²) in [5.41, 5.74) is 9.68. The van der Waals surface area contributed by atoms with Gasteiger partial charge < -0.3 is 42.1 Å². The van der Waals surface area contributed by atoms with Gasteiger partial charge in [0.1, 0.15) is 10.7 Å². The van der Waals surface area contributed by atoms with E-state index >= 15 is 0 Å². The summed E-state index contributed by atoms with van der Waals surface area (Å²) in [6, 6.07) is 60.5. The lowest BCUT2D eigenvalue weighted by Gasteiger charge is -2.30. The van der Waals surface area contributed by atoms with Gasteiger partial charge in [0, 0.05) is 51.2 Å². The summed E-state index contributed by atoms with van der Waals surface area (Å²) < 4.78 is 57.4. The van der Waals surface area contributed by atoms with Crippen molar-refractivity contribution in [3.05, 3.63) is 244 Å². The van der Waals surface area contributed by atoms with Crippen LogP contribution in [-0.4, -0.2) is 130 Å². The molecule has 13 aromatic rings. The van der Waals surface area contributed by atoms with E-state index in [9.17, 15) is 37.2 Å². The summed E-state index contributed by atoms with van der Waals surface area (Å²) in [5, 5.41) is 36.2. The second kappa shape index (κ2) is 41.7. The number of aromatic nitrogens is 7. The Balaban J connectivity index is 0.000000156. The van der Waals surface area contributed by atoms with Gasteiger partial charge >= 0.3 is 0 Å². The van der Waals surface area contributed by atoms with Crippen molar-refractivity contribution in [2.45, 2.75) is 84.1 Å². The van der Waals surface area contributed by atoms with Crippen molar-refractivity contribution in [1.29, 1.82) is 0 Å². The number of likely N-dealkylation sites (N-methyl/N-ethyl adjacent to an activating group) is 2. The second-order valence-corrected chi connectivity index (χ2v) is 28.1. The molecule has 1 unspecified atom stereocenters. The van der Waals surface area contributed by atoms with E-state index in [-0.39, 0.29) is 71.5 Å². The maximum absolute atomic E-state index is 12.4. The first-order chi connectivity index (χ1) is 54.6. The van der Waals surface area contributed by atoms with Crippen molar-refractivity contribution in [3.63, 3.8) is 0 Å². The molecule has 1 fully saturated rings. The molecular weight excluding hydrogens is 1460 g/mol. The highest BCUT2D eigenvalue weighted by Gasteiger charge is 2.29. The van der Waals surface area contributed by atoms with Crippen LogP contribution < -0.4 is 31.3 Å². The molecule has 0 aliphatic carbocycles. The third kappa shape index (κ3) is 25.2. The molecule has 113 heavy (non-hydrogen) atoms. The highest BCUT2D eigenvalue weighted by atomic mass is 32.2. The fraction of sp³-hybridized carbons (Fsp3) is 0.217. The Labute approximate surface area is 652 Å². The number of hydrogen-bond acceptors (Lipinski definition) is 23. The van der Waals surface area contributed by atoms with Crippen LogP contribution in [0.25, 0.3) is 66.8 Å². The van der Waals surface area contributed by atoms with Gasteiger partial charge in [-0.2, -0.15) is 0 Å². The van der Waals surface area contributed by atoms with Crippen molar-refractivity contribution in [1.82, 2.24) is 45.7 Å². The zero-order valence-electron chi connectivity index (χ0n) is 63.5. The highest BCUT2D eigenvalue weighted by molar-refractivity contribution is 7.92. The number of anilines is 6. The number of Topliss-reactive ketones (excluding diaryl/α,β-unsaturated/α-hetero) is 1. The van der Waals surface area contributed by atoms with Gasteiger partial charge in [-0.1, -0.05) is 247 Å². The first-order valence-electron chi connectivity index (χ1n) is 35.9. The average Bonchev–Trinajstić information content (AvgIpc) is 1.34. The zero-order valence-corrected chi connectivity index (χ0v) is 64.3. The van der Waals surface area contributed by atoms with E-state index < -0.39 is 15.4 Å². The fourth-order valence-corrected chi connectivity index (χ4v) is 11.5. The zero-order chi connectivity index (χ0) is 80.5. The lowest BCUT2D eigenvalue weighted by atomic mass is 9.95. The van der Waals surface area contributed by atoms with Crippen LogP contribution in [0.3, 0.4) is 0 Å². The van der Waals surface area contributed by atoms with Gasteiger partial charge in [-0.25, -0.2) is 13.1 Å². The molecule has 6 N–H and O–H groups in total. The quantitative estimate of drug-likeness (QED) is 0.0389. The molecule has 0 saturated carbocycles. The lowest BCUT2D eigenvalue weighted by Crippen LogP contribution is -2.44. The first-order valence-corrected chi connectivity index (χ1v) is 37.3. The molecule has 1 saturated heterocycles. The number of amides is 5. The molecule has 6 aromatic carbocycles. The summed E-state index contributed by atoms with van der Waals surface area (Å²) in [6.07, 6.45) is 16.2. The Bertz CT molecular complexity index is 5230. The van der Waals surface area contributed by atoms with Gasteiger partial charge in [-0.15, -0.1) is 0 Å². The standard InChI is InChI=1S/C16H19N3O2.C14H11N3O3S.C14H14N2O3.C14H16N2O2.C13H15N3O2.C12H12N2O2/c1-19-10-6-5-9-14(19)15(20)18-16-13(11-17-21-16)12-7-3-2-4-8-12;18-21(19,12-7-4-8-15-9-12)17-14-13(10-16-20-14)11-5-2-1-3-6-11;1-10(17)7-8-13(18)16-14-12(9-15-19-14)11-5-3-2-4-6-11;1-14(2,3)13(17)16-12-11(9-15-18-12)10-7-5-4-6-8-10;1-16(2)12(17)9-14-13-11(8-15-18-13)10-6-4-3-5-7-10;1-2-11(15)14-12-10(8-13-16-12)9-6-4-3-5-7-9/h2-4,7-8,11,14H,5-6,9-10H2,1H3,(H,18,20);1-10,17H;2-6,9H,7-8H2,1H3,(H,16,18);4-9H,1-3H3,(H,16,17);3-8,14H,9H2,1-2H3;3-8H,2H2,1H3,(H,14,15). The highest BCUT2D eigenvalue weighted by Crippen LogP contribution is 2.34. The van der Waals surface area contributed by atoms with Crippen LogP contribution >= 0.6 is 0 Å². The van der Waals surface area contributed by atoms with Crippen molar-refractivity contribution in [2.75, 3.05) is 65.5 Å². The van der Waals surface area contributed by atoms with E-state index in [1.165, 1.54) is 36.5 Å². The van der Waals surface area contributed by atoms with Crippen LogP contribution in [0.15, 0.2) is 276 Å². The molecule has 29 nitrogen and oxygen atoms in total. The van der Waals surface area contributed by atoms with E-state index in [2.05, 4.69) is 72.1 Å².